The zero-order valence-corrected chi connectivity index (χ0v) is 13.1. The molecule has 0 aliphatic carbocycles. The van der Waals surface area contributed by atoms with Gasteiger partial charge in [0.2, 0.25) is 0 Å². The minimum absolute atomic E-state index is 0.0455. The molecule has 0 saturated heterocycles. The van der Waals surface area contributed by atoms with Gasteiger partial charge in [0.05, 0.1) is 6.21 Å². The highest BCUT2D eigenvalue weighted by Crippen LogP contribution is 2.15. The van der Waals surface area contributed by atoms with Crippen LogP contribution in [0.4, 0.5) is 0 Å². The van der Waals surface area contributed by atoms with Crippen LogP contribution in [0.5, 0.6) is 5.75 Å². The van der Waals surface area contributed by atoms with Gasteiger partial charge in [-0.05, 0) is 36.4 Å². The summed E-state index contributed by atoms with van der Waals surface area (Å²) < 4.78 is 6.17. The van der Waals surface area contributed by atoms with Gasteiger partial charge in [-0.1, -0.05) is 28.1 Å². The second-order valence-corrected chi connectivity index (χ2v) is 5.11. The molecule has 0 fully saturated rings. The summed E-state index contributed by atoms with van der Waals surface area (Å²) in [7, 11) is 0. The van der Waals surface area contributed by atoms with Gasteiger partial charge in [-0.3, -0.25) is 4.79 Å². The third kappa shape index (κ3) is 4.43. The van der Waals surface area contributed by atoms with Crippen molar-refractivity contribution < 1.29 is 9.53 Å². The van der Waals surface area contributed by atoms with Gasteiger partial charge in [0.15, 0.2) is 6.61 Å². The number of amides is 1. The molecule has 0 radical (unpaired) electrons. The van der Waals surface area contributed by atoms with Crippen LogP contribution in [0.2, 0.25) is 0 Å². The number of carbonyl (C=O) groups is 1. The highest BCUT2D eigenvalue weighted by molar-refractivity contribution is 9.10. The fourth-order valence-electron chi connectivity index (χ4n) is 1.65. The Labute approximate surface area is 136 Å². The molecule has 1 N–H and O–H groups in total. The van der Waals surface area contributed by atoms with Crippen LogP contribution < -0.4 is 10.2 Å². The number of nitrogens with one attached hydrogen (secondary N) is 1. The summed E-state index contributed by atoms with van der Waals surface area (Å²) in [5, 5.41) is 12.5. The minimum atomic E-state index is -0.306. The lowest BCUT2D eigenvalue weighted by Crippen LogP contribution is -2.17. The summed E-state index contributed by atoms with van der Waals surface area (Å²) in [4.78, 5) is 11.9. The summed E-state index contributed by atoms with van der Waals surface area (Å²) in [6, 6.07) is 16.0. The first-order valence-corrected chi connectivity index (χ1v) is 7.18. The number of hydrogen-bond donors (Lipinski definition) is 1. The predicted molar refractivity (Wildman–Crippen MR) is 86.8 cm³/mol. The summed E-state index contributed by atoms with van der Waals surface area (Å²) in [6.45, 7) is -0.0455. The molecule has 1 amide bonds. The van der Waals surface area contributed by atoms with E-state index in [4.69, 9.17) is 10.00 Å². The zero-order chi connectivity index (χ0) is 15.8. The fraction of sp³-hybridized carbons (Fsp3) is 0.0625. The Morgan fingerprint density at radius 2 is 2.00 bits per heavy atom. The number of halogens is 1. The molecule has 0 aliphatic heterocycles. The monoisotopic (exact) mass is 357 g/mol. The molecular weight excluding hydrogens is 346 g/mol. The summed E-state index contributed by atoms with van der Waals surface area (Å²) >= 11 is 3.31. The van der Waals surface area contributed by atoms with Crippen molar-refractivity contribution in [1.29, 1.82) is 5.26 Å². The van der Waals surface area contributed by atoms with Gasteiger partial charge in [-0.15, -0.1) is 0 Å². The molecule has 2 rings (SSSR count). The van der Waals surface area contributed by atoms with E-state index in [1.165, 1.54) is 6.21 Å². The van der Waals surface area contributed by atoms with E-state index in [2.05, 4.69) is 26.5 Å². The van der Waals surface area contributed by atoms with E-state index in [1.807, 2.05) is 12.1 Å². The number of para-hydroxylation sites is 1. The van der Waals surface area contributed by atoms with Crippen LogP contribution in [0.25, 0.3) is 0 Å². The number of hydrazone groups is 1. The summed E-state index contributed by atoms with van der Waals surface area (Å²) in [5.41, 5.74) is 3.63. The van der Waals surface area contributed by atoms with Gasteiger partial charge in [0.1, 0.15) is 11.8 Å². The molecule has 2 aromatic carbocycles. The van der Waals surface area contributed by atoms with Crippen LogP contribution >= 0.6 is 15.9 Å². The van der Waals surface area contributed by atoms with Crippen LogP contribution in [0, 0.1) is 11.3 Å². The first-order chi connectivity index (χ1) is 10.7. The number of ether oxygens (including phenoxy) is 1. The van der Waals surface area contributed by atoms with Crippen LogP contribution in [0.15, 0.2) is 58.1 Å². The van der Waals surface area contributed by atoms with Crippen molar-refractivity contribution in [3.05, 3.63) is 64.1 Å². The number of rotatable bonds is 5. The van der Waals surface area contributed by atoms with Gasteiger partial charge in [0.25, 0.3) is 5.91 Å². The largest absolute Gasteiger partial charge is 0.478 e. The Morgan fingerprint density at radius 1 is 1.27 bits per heavy atom. The second kappa shape index (κ2) is 7.96. The number of nitriles is 1. The van der Waals surface area contributed by atoms with Crippen molar-refractivity contribution in [2.45, 2.75) is 0 Å². The van der Waals surface area contributed by atoms with E-state index >= 15 is 0 Å². The van der Waals surface area contributed by atoms with E-state index in [1.54, 1.807) is 42.5 Å². The molecule has 0 spiro atoms. The lowest BCUT2D eigenvalue weighted by Gasteiger charge is -2.05. The molecule has 0 aliphatic rings. The fourth-order valence-corrected chi connectivity index (χ4v) is 1.92. The van der Waals surface area contributed by atoms with Gasteiger partial charge in [0, 0.05) is 15.6 Å². The number of hydrogen-bond acceptors (Lipinski definition) is 4. The highest BCUT2D eigenvalue weighted by atomic mass is 79.9. The molecule has 2 aromatic rings. The maximum absolute atomic E-state index is 11.9. The number of carbonyl (C=O) groups excluding carboxylic acids is 1. The smallest absolute Gasteiger partial charge is 0.271 e. The average Bonchev–Trinajstić information content (AvgIpc) is 2.54. The molecule has 22 heavy (non-hydrogen) atoms. The highest BCUT2D eigenvalue weighted by Gasteiger charge is 2.04. The van der Waals surface area contributed by atoms with E-state index in [9.17, 15) is 4.79 Å². The van der Waals surface area contributed by atoms with Gasteiger partial charge < -0.3 is 4.74 Å². The van der Waals surface area contributed by atoms with Crippen molar-refractivity contribution >= 4 is 28.1 Å². The predicted octanol–water partition coefficient (Wildman–Crippen LogP) is 3.12. The molecule has 0 bridgehead atoms. The van der Waals surface area contributed by atoms with Gasteiger partial charge in [-0.2, -0.15) is 10.4 Å². The molecule has 5 nitrogen and oxygen atoms in total. The Bertz CT molecular complexity index is 721. The SMILES string of the molecule is N#CCOc1ccccc1C=NNC(=O)c1ccc(Br)cc1. The third-order valence-electron chi connectivity index (χ3n) is 2.69. The van der Waals surface area contributed by atoms with E-state index < -0.39 is 0 Å². The molecule has 0 atom stereocenters. The standard InChI is InChI=1S/C16H12BrN3O2/c17-14-7-5-12(6-8-14)16(21)20-19-11-13-3-1-2-4-15(13)22-10-9-18/h1-8,11H,10H2,(H,20,21). The molecule has 110 valence electrons. The van der Waals surface area contributed by atoms with E-state index in [0.29, 0.717) is 16.9 Å². The van der Waals surface area contributed by atoms with Crippen LogP contribution in [0.3, 0.4) is 0 Å². The van der Waals surface area contributed by atoms with Crippen molar-refractivity contribution in [3.63, 3.8) is 0 Å². The molecule has 0 aromatic heterocycles. The zero-order valence-electron chi connectivity index (χ0n) is 11.5. The van der Waals surface area contributed by atoms with E-state index in [0.717, 1.165) is 4.47 Å². The molecule has 6 heteroatoms. The minimum Gasteiger partial charge on any atom is -0.478 e. The summed E-state index contributed by atoms with van der Waals surface area (Å²) in [6.07, 6.45) is 1.48. The van der Waals surface area contributed by atoms with Gasteiger partial charge in [-0.25, -0.2) is 5.43 Å². The normalized spacial score (nSPS) is 10.2. The van der Waals surface area contributed by atoms with Crippen LogP contribution in [-0.4, -0.2) is 18.7 Å². The quantitative estimate of drug-likeness (QED) is 0.659. The Kier molecular flexibility index (Phi) is 5.69. The van der Waals surface area contributed by atoms with Crippen LogP contribution in [0.1, 0.15) is 15.9 Å². The Hall–Kier alpha value is -2.65. The van der Waals surface area contributed by atoms with Crippen molar-refractivity contribution in [2.24, 2.45) is 5.10 Å². The van der Waals surface area contributed by atoms with Crippen molar-refractivity contribution in [3.8, 4) is 11.8 Å². The van der Waals surface area contributed by atoms with Gasteiger partial charge >= 0.3 is 0 Å². The topological polar surface area (TPSA) is 74.5 Å². The summed E-state index contributed by atoms with van der Waals surface area (Å²) in [5.74, 6) is 0.227. The molecule has 0 unspecified atom stereocenters. The number of benzene rings is 2. The second-order valence-electron chi connectivity index (χ2n) is 4.19. The molecular formula is C16H12BrN3O2. The molecule has 0 saturated carbocycles. The lowest BCUT2D eigenvalue weighted by atomic mass is 10.2. The third-order valence-corrected chi connectivity index (χ3v) is 3.22. The van der Waals surface area contributed by atoms with E-state index in [-0.39, 0.29) is 12.5 Å². The Balaban J connectivity index is 2.02. The van der Waals surface area contributed by atoms with Crippen molar-refractivity contribution in [2.75, 3.05) is 6.61 Å². The van der Waals surface area contributed by atoms with Crippen LogP contribution in [-0.2, 0) is 0 Å². The average molecular weight is 358 g/mol. The first kappa shape index (κ1) is 15.7. The maximum Gasteiger partial charge on any atom is 0.271 e. The Morgan fingerprint density at radius 3 is 2.73 bits per heavy atom. The van der Waals surface area contributed by atoms with Crippen molar-refractivity contribution in [1.82, 2.24) is 5.43 Å². The number of nitrogens with zero attached hydrogens (tertiary/aromatic N) is 2. The lowest BCUT2D eigenvalue weighted by molar-refractivity contribution is 0.0955. The maximum atomic E-state index is 11.9. The first-order valence-electron chi connectivity index (χ1n) is 6.38. The molecule has 0 heterocycles.